The lowest BCUT2D eigenvalue weighted by Crippen LogP contribution is -2.37. The van der Waals surface area contributed by atoms with Gasteiger partial charge in [0.2, 0.25) is 0 Å². The molecule has 0 fully saturated rings. The van der Waals surface area contributed by atoms with E-state index in [1.807, 2.05) is 0 Å². The van der Waals surface area contributed by atoms with Gasteiger partial charge in [0.1, 0.15) is 18.0 Å². The van der Waals surface area contributed by atoms with E-state index in [-0.39, 0.29) is 22.4 Å². The van der Waals surface area contributed by atoms with E-state index in [9.17, 15) is 13.2 Å². The molecule has 2 aromatic carbocycles. The van der Waals surface area contributed by atoms with Crippen molar-refractivity contribution in [3.63, 3.8) is 0 Å². The normalized spacial score (nSPS) is 11.2. The second-order valence-electron chi connectivity index (χ2n) is 6.04. The van der Waals surface area contributed by atoms with Gasteiger partial charge in [-0.25, -0.2) is 8.42 Å². The van der Waals surface area contributed by atoms with E-state index in [4.69, 9.17) is 14.2 Å². The molecule has 0 N–H and O–H groups in total. The van der Waals surface area contributed by atoms with Crippen LogP contribution in [0, 0.1) is 0 Å². The zero-order chi connectivity index (χ0) is 20.9. The molecule has 9 heteroatoms. The van der Waals surface area contributed by atoms with Crippen molar-refractivity contribution in [3.8, 4) is 11.5 Å². The highest BCUT2D eigenvalue weighted by atomic mass is 79.9. The van der Waals surface area contributed by atoms with Crippen LogP contribution >= 0.6 is 15.9 Å². The predicted molar refractivity (Wildman–Crippen MR) is 109 cm³/mol. The molecule has 0 atom stereocenters. The quantitative estimate of drug-likeness (QED) is 0.546. The number of carbonyl (C=O) groups excluding carboxylic acids is 1. The summed E-state index contributed by atoms with van der Waals surface area (Å²) in [6.07, 6.45) is -0.373. The molecule has 0 aliphatic heterocycles. The number of anilines is 1. The van der Waals surface area contributed by atoms with Crippen LogP contribution in [-0.4, -0.2) is 41.3 Å². The van der Waals surface area contributed by atoms with E-state index in [0.29, 0.717) is 5.75 Å². The second kappa shape index (κ2) is 9.29. The number of sulfonamides is 1. The van der Waals surface area contributed by atoms with Gasteiger partial charge in [-0.2, -0.15) is 0 Å². The van der Waals surface area contributed by atoms with E-state index in [1.54, 1.807) is 38.1 Å². The first kappa shape index (κ1) is 22.0. The van der Waals surface area contributed by atoms with E-state index in [1.165, 1.54) is 32.4 Å². The van der Waals surface area contributed by atoms with Crippen LogP contribution in [0.2, 0.25) is 0 Å². The zero-order valence-corrected chi connectivity index (χ0v) is 18.4. The van der Waals surface area contributed by atoms with E-state index < -0.39 is 22.5 Å². The fraction of sp³-hybridized carbons (Fsp3) is 0.316. The van der Waals surface area contributed by atoms with E-state index in [2.05, 4.69) is 15.9 Å². The Labute approximate surface area is 173 Å². The zero-order valence-electron chi connectivity index (χ0n) is 16.0. The van der Waals surface area contributed by atoms with Crippen LogP contribution in [0.1, 0.15) is 13.8 Å². The summed E-state index contributed by atoms with van der Waals surface area (Å²) >= 11 is 3.28. The van der Waals surface area contributed by atoms with Crippen LogP contribution in [-0.2, 0) is 19.6 Å². The van der Waals surface area contributed by atoms with Gasteiger partial charge in [-0.3, -0.25) is 9.10 Å². The van der Waals surface area contributed by atoms with Gasteiger partial charge in [0.05, 0.1) is 30.9 Å². The third-order valence-corrected chi connectivity index (χ3v) is 6.00. The van der Waals surface area contributed by atoms with Crippen LogP contribution in [0.3, 0.4) is 0 Å². The summed E-state index contributed by atoms with van der Waals surface area (Å²) in [6, 6.07) is 10.8. The molecule has 0 bridgehead atoms. The van der Waals surface area contributed by atoms with Gasteiger partial charge >= 0.3 is 5.97 Å². The maximum atomic E-state index is 13.3. The van der Waals surface area contributed by atoms with Gasteiger partial charge in [0, 0.05) is 10.5 Å². The van der Waals surface area contributed by atoms with Crippen molar-refractivity contribution in [3.05, 3.63) is 46.9 Å². The highest BCUT2D eigenvalue weighted by molar-refractivity contribution is 9.10. The Morgan fingerprint density at radius 3 is 2.25 bits per heavy atom. The van der Waals surface area contributed by atoms with Crippen LogP contribution in [0.4, 0.5) is 5.69 Å². The third kappa shape index (κ3) is 5.17. The molecular weight excluding hydrogens is 450 g/mol. The molecule has 0 aromatic heterocycles. The number of ether oxygens (including phenoxy) is 3. The number of esters is 1. The Morgan fingerprint density at radius 1 is 1.07 bits per heavy atom. The van der Waals surface area contributed by atoms with Crippen molar-refractivity contribution in [2.24, 2.45) is 0 Å². The van der Waals surface area contributed by atoms with E-state index >= 15 is 0 Å². The standard InChI is InChI=1S/C19H22BrNO6S/c1-13(2)27-19(22)12-21(17-10-7-15(25-3)11-18(17)26-4)28(23,24)16-8-5-14(20)6-9-16/h5-11,13H,12H2,1-4H3. The molecule has 152 valence electrons. The van der Waals surface area contributed by atoms with Gasteiger partial charge < -0.3 is 14.2 Å². The predicted octanol–water partition coefficient (Wildman–Crippen LogP) is 3.61. The molecule has 0 spiro atoms. The third-order valence-electron chi connectivity index (χ3n) is 3.70. The Hall–Kier alpha value is -2.26. The minimum Gasteiger partial charge on any atom is -0.497 e. The number of hydrogen-bond acceptors (Lipinski definition) is 6. The van der Waals surface area contributed by atoms with E-state index in [0.717, 1.165) is 8.78 Å². The summed E-state index contributed by atoms with van der Waals surface area (Å²) in [7, 11) is -1.16. The van der Waals surface area contributed by atoms with Gasteiger partial charge in [0.15, 0.2) is 0 Å². The van der Waals surface area contributed by atoms with Crippen molar-refractivity contribution in [1.82, 2.24) is 0 Å². The molecule has 0 radical (unpaired) electrons. The number of halogens is 1. The highest BCUT2D eigenvalue weighted by Crippen LogP contribution is 2.35. The number of rotatable bonds is 8. The number of carbonyl (C=O) groups is 1. The number of benzene rings is 2. The fourth-order valence-corrected chi connectivity index (χ4v) is 4.13. The topological polar surface area (TPSA) is 82.1 Å². The van der Waals surface area contributed by atoms with Crippen molar-refractivity contribution in [2.45, 2.75) is 24.8 Å². The van der Waals surface area contributed by atoms with Gasteiger partial charge in [-0.15, -0.1) is 0 Å². The van der Waals surface area contributed by atoms with Crippen LogP contribution in [0.15, 0.2) is 51.8 Å². The summed E-state index contributed by atoms with van der Waals surface area (Å²) in [6.45, 7) is 2.89. The minimum atomic E-state index is -4.06. The molecule has 0 aliphatic carbocycles. The average molecular weight is 472 g/mol. The summed E-state index contributed by atoms with van der Waals surface area (Å²) in [5.74, 6) is 0.0669. The van der Waals surface area contributed by atoms with Gasteiger partial charge in [0.25, 0.3) is 10.0 Å². The summed E-state index contributed by atoms with van der Waals surface area (Å²) in [5.41, 5.74) is 0.201. The summed E-state index contributed by atoms with van der Waals surface area (Å²) < 4.78 is 44.0. The lowest BCUT2D eigenvalue weighted by Gasteiger charge is -2.26. The smallest absolute Gasteiger partial charge is 0.327 e. The number of methoxy groups -OCH3 is 2. The molecule has 0 unspecified atom stereocenters. The molecule has 0 saturated carbocycles. The lowest BCUT2D eigenvalue weighted by atomic mass is 10.2. The molecule has 2 rings (SSSR count). The summed E-state index contributed by atoms with van der Waals surface area (Å²) in [4.78, 5) is 12.3. The summed E-state index contributed by atoms with van der Waals surface area (Å²) in [5, 5.41) is 0. The van der Waals surface area contributed by atoms with Gasteiger partial charge in [-0.1, -0.05) is 15.9 Å². The number of hydrogen-bond donors (Lipinski definition) is 0. The Morgan fingerprint density at radius 2 is 1.71 bits per heavy atom. The van der Waals surface area contributed by atoms with Gasteiger partial charge in [-0.05, 0) is 50.2 Å². The number of nitrogens with zero attached hydrogens (tertiary/aromatic N) is 1. The van der Waals surface area contributed by atoms with Crippen LogP contribution in [0.25, 0.3) is 0 Å². The molecule has 28 heavy (non-hydrogen) atoms. The van der Waals surface area contributed by atoms with Crippen molar-refractivity contribution >= 4 is 37.6 Å². The average Bonchev–Trinajstić information content (AvgIpc) is 2.65. The molecule has 0 amide bonds. The molecule has 0 saturated heterocycles. The molecule has 0 heterocycles. The van der Waals surface area contributed by atoms with Crippen molar-refractivity contribution in [1.29, 1.82) is 0 Å². The minimum absolute atomic E-state index is 0.0333. The Kier molecular flexibility index (Phi) is 7.31. The molecule has 2 aromatic rings. The molecule has 0 aliphatic rings. The maximum absolute atomic E-state index is 13.3. The Bertz CT molecular complexity index is 928. The molecule has 7 nitrogen and oxygen atoms in total. The van der Waals surface area contributed by atoms with Crippen LogP contribution < -0.4 is 13.8 Å². The highest BCUT2D eigenvalue weighted by Gasteiger charge is 2.30. The first-order chi connectivity index (χ1) is 13.2. The SMILES string of the molecule is COc1ccc(N(CC(=O)OC(C)C)S(=O)(=O)c2ccc(Br)cc2)c(OC)c1. The first-order valence-corrected chi connectivity index (χ1v) is 10.6. The lowest BCUT2D eigenvalue weighted by molar-refractivity contribution is -0.145. The van der Waals surface area contributed by atoms with Crippen molar-refractivity contribution < 1.29 is 27.4 Å². The monoisotopic (exact) mass is 471 g/mol. The fourth-order valence-electron chi connectivity index (χ4n) is 2.44. The Balaban J connectivity index is 2.57. The first-order valence-electron chi connectivity index (χ1n) is 8.39. The maximum Gasteiger partial charge on any atom is 0.327 e. The van der Waals surface area contributed by atoms with Crippen LogP contribution in [0.5, 0.6) is 11.5 Å². The van der Waals surface area contributed by atoms with Crippen molar-refractivity contribution in [2.75, 3.05) is 25.1 Å². The second-order valence-corrected chi connectivity index (χ2v) is 8.82. The largest absolute Gasteiger partial charge is 0.497 e. The molecular formula is C19H22BrNO6S.